The van der Waals surface area contributed by atoms with E-state index in [2.05, 4.69) is 16.0 Å². The maximum Gasteiger partial charge on any atom is 0.408 e. The van der Waals surface area contributed by atoms with Gasteiger partial charge in [0.1, 0.15) is 11.6 Å². The second-order valence-corrected chi connectivity index (χ2v) is 6.62. The van der Waals surface area contributed by atoms with E-state index >= 15 is 0 Å². The van der Waals surface area contributed by atoms with Crippen molar-refractivity contribution < 1.29 is 14.3 Å². The Morgan fingerprint density at radius 1 is 1.13 bits per heavy atom. The van der Waals surface area contributed by atoms with Gasteiger partial charge in [-0.3, -0.25) is 4.79 Å². The van der Waals surface area contributed by atoms with E-state index in [9.17, 15) is 9.59 Å². The number of rotatable bonds is 6. The topological polar surface area (TPSA) is 79.5 Å². The van der Waals surface area contributed by atoms with E-state index in [-0.39, 0.29) is 11.9 Å². The van der Waals surface area contributed by atoms with Crippen LogP contribution >= 0.6 is 0 Å². The average Bonchev–Trinajstić information content (AvgIpc) is 2.42. The molecular weight excluding hydrogens is 294 g/mol. The number of ether oxygens (including phenoxy) is 1. The van der Waals surface area contributed by atoms with Crippen LogP contribution in [0.2, 0.25) is 0 Å². The van der Waals surface area contributed by atoms with Crippen LogP contribution in [0, 0.1) is 0 Å². The van der Waals surface area contributed by atoms with Gasteiger partial charge in [-0.15, -0.1) is 0 Å². The second kappa shape index (κ2) is 8.53. The Morgan fingerprint density at radius 3 is 2.26 bits per heavy atom. The van der Waals surface area contributed by atoms with Crippen LogP contribution < -0.4 is 16.0 Å². The summed E-state index contributed by atoms with van der Waals surface area (Å²) in [5, 5.41) is 8.55. The molecule has 1 atom stereocenters. The fraction of sp³-hybridized carbons (Fsp3) is 0.529. The van der Waals surface area contributed by atoms with Gasteiger partial charge in [0.15, 0.2) is 0 Å². The van der Waals surface area contributed by atoms with Crippen molar-refractivity contribution in [3.8, 4) is 0 Å². The molecule has 0 aliphatic carbocycles. The molecule has 0 aliphatic rings. The molecule has 1 aromatic rings. The quantitative estimate of drug-likeness (QED) is 0.752. The molecule has 0 aliphatic heterocycles. The maximum atomic E-state index is 12.4. The Kier molecular flexibility index (Phi) is 7.03. The highest BCUT2D eigenvalue weighted by Crippen LogP contribution is 2.08. The lowest BCUT2D eigenvalue weighted by molar-refractivity contribution is -0.118. The van der Waals surface area contributed by atoms with E-state index in [4.69, 9.17) is 4.74 Å². The molecule has 6 nitrogen and oxygen atoms in total. The van der Waals surface area contributed by atoms with Crippen LogP contribution in [-0.4, -0.2) is 36.2 Å². The summed E-state index contributed by atoms with van der Waals surface area (Å²) in [5.74, 6) is -0.296. The zero-order chi connectivity index (χ0) is 17.5. The molecule has 0 saturated heterocycles. The van der Waals surface area contributed by atoms with Crippen LogP contribution in [0.3, 0.4) is 0 Å². The molecule has 2 amide bonds. The van der Waals surface area contributed by atoms with Gasteiger partial charge in [0.25, 0.3) is 0 Å². The van der Waals surface area contributed by atoms with E-state index < -0.39 is 17.7 Å². The number of benzene rings is 1. The van der Waals surface area contributed by atoms with Gasteiger partial charge >= 0.3 is 6.09 Å². The van der Waals surface area contributed by atoms with Gasteiger partial charge in [-0.05, 0) is 32.9 Å². The zero-order valence-electron chi connectivity index (χ0n) is 14.5. The van der Waals surface area contributed by atoms with E-state index in [0.717, 1.165) is 0 Å². The molecule has 128 valence electrons. The molecular formula is C17H27N3O3. The molecule has 23 heavy (non-hydrogen) atoms. The highest BCUT2D eigenvalue weighted by Gasteiger charge is 2.24. The molecule has 0 fully saturated rings. The SMILES string of the molecule is CC(C)NC[C@@H](NC(=O)OC(C)(C)C)C(=O)Nc1ccccc1. The molecule has 1 rings (SSSR count). The summed E-state index contributed by atoms with van der Waals surface area (Å²) in [6.45, 7) is 9.59. The zero-order valence-corrected chi connectivity index (χ0v) is 14.5. The van der Waals surface area contributed by atoms with Crippen LogP contribution in [-0.2, 0) is 9.53 Å². The summed E-state index contributed by atoms with van der Waals surface area (Å²) >= 11 is 0. The molecule has 0 spiro atoms. The van der Waals surface area contributed by atoms with Crippen molar-refractivity contribution in [2.24, 2.45) is 0 Å². The second-order valence-electron chi connectivity index (χ2n) is 6.62. The fourth-order valence-corrected chi connectivity index (χ4v) is 1.76. The summed E-state index contributed by atoms with van der Waals surface area (Å²) in [6.07, 6.45) is -0.615. The molecule has 0 bridgehead atoms. The summed E-state index contributed by atoms with van der Waals surface area (Å²) in [7, 11) is 0. The number of amides is 2. The third-order valence-electron chi connectivity index (χ3n) is 2.78. The minimum atomic E-state index is -0.729. The minimum Gasteiger partial charge on any atom is -0.444 e. The first kappa shape index (κ1) is 19.0. The number of carbonyl (C=O) groups excluding carboxylic acids is 2. The first-order chi connectivity index (χ1) is 10.7. The van der Waals surface area contributed by atoms with E-state index in [1.165, 1.54) is 0 Å². The molecule has 0 saturated carbocycles. The third-order valence-corrected chi connectivity index (χ3v) is 2.78. The van der Waals surface area contributed by atoms with Gasteiger partial charge in [-0.25, -0.2) is 4.79 Å². The van der Waals surface area contributed by atoms with Crippen molar-refractivity contribution in [2.75, 3.05) is 11.9 Å². The van der Waals surface area contributed by atoms with E-state index in [0.29, 0.717) is 12.2 Å². The van der Waals surface area contributed by atoms with Crippen molar-refractivity contribution >= 4 is 17.7 Å². The molecule has 0 heterocycles. The molecule has 0 aromatic heterocycles. The van der Waals surface area contributed by atoms with Crippen molar-refractivity contribution in [2.45, 2.75) is 52.3 Å². The van der Waals surface area contributed by atoms with Crippen LogP contribution in [0.15, 0.2) is 30.3 Å². The highest BCUT2D eigenvalue weighted by molar-refractivity contribution is 5.96. The third kappa shape index (κ3) is 8.21. The summed E-state index contributed by atoms with van der Waals surface area (Å²) < 4.78 is 5.22. The molecule has 1 aromatic carbocycles. The number of nitrogens with one attached hydrogen (secondary N) is 3. The normalized spacial score (nSPS) is 12.6. The number of carbonyl (C=O) groups is 2. The van der Waals surface area contributed by atoms with Crippen LogP contribution in [0.5, 0.6) is 0 Å². The highest BCUT2D eigenvalue weighted by atomic mass is 16.6. The number of alkyl carbamates (subject to hydrolysis) is 1. The standard InChI is InChI=1S/C17H27N3O3/c1-12(2)18-11-14(20-16(22)23-17(3,4)5)15(21)19-13-9-7-6-8-10-13/h6-10,12,14,18H,11H2,1-5H3,(H,19,21)(H,20,22)/t14-/m1/s1. The summed E-state index contributed by atoms with van der Waals surface area (Å²) in [6, 6.07) is 8.58. The fourth-order valence-electron chi connectivity index (χ4n) is 1.76. The van der Waals surface area contributed by atoms with Gasteiger partial charge in [0, 0.05) is 18.3 Å². The van der Waals surface area contributed by atoms with Gasteiger partial charge in [0.05, 0.1) is 0 Å². The smallest absolute Gasteiger partial charge is 0.408 e. The Balaban J connectivity index is 2.70. The number of para-hydroxylation sites is 1. The average molecular weight is 321 g/mol. The van der Waals surface area contributed by atoms with Gasteiger partial charge in [-0.1, -0.05) is 32.0 Å². The van der Waals surface area contributed by atoms with Crippen molar-refractivity contribution in [1.29, 1.82) is 0 Å². The van der Waals surface area contributed by atoms with Gasteiger partial charge in [-0.2, -0.15) is 0 Å². The summed E-state index contributed by atoms with van der Waals surface area (Å²) in [4.78, 5) is 24.3. The van der Waals surface area contributed by atoms with Crippen LogP contribution in [0.1, 0.15) is 34.6 Å². The lowest BCUT2D eigenvalue weighted by Gasteiger charge is -2.24. The summed E-state index contributed by atoms with van der Waals surface area (Å²) in [5.41, 5.74) is 0.0637. The molecule has 0 unspecified atom stereocenters. The van der Waals surface area contributed by atoms with Crippen molar-refractivity contribution in [1.82, 2.24) is 10.6 Å². The predicted molar refractivity (Wildman–Crippen MR) is 91.4 cm³/mol. The number of hydrogen-bond acceptors (Lipinski definition) is 4. The Hall–Kier alpha value is -2.08. The number of hydrogen-bond donors (Lipinski definition) is 3. The van der Waals surface area contributed by atoms with Crippen LogP contribution in [0.25, 0.3) is 0 Å². The Morgan fingerprint density at radius 2 is 1.74 bits per heavy atom. The van der Waals surface area contributed by atoms with Gasteiger partial charge < -0.3 is 20.7 Å². The lowest BCUT2D eigenvalue weighted by Crippen LogP contribution is -2.51. The monoisotopic (exact) mass is 321 g/mol. The van der Waals surface area contributed by atoms with Crippen molar-refractivity contribution in [3.05, 3.63) is 30.3 Å². The minimum absolute atomic E-state index is 0.197. The maximum absolute atomic E-state index is 12.4. The van der Waals surface area contributed by atoms with Crippen LogP contribution in [0.4, 0.5) is 10.5 Å². The molecule has 0 radical (unpaired) electrons. The lowest BCUT2D eigenvalue weighted by atomic mass is 10.2. The van der Waals surface area contributed by atoms with Gasteiger partial charge in [0.2, 0.25) is 5.91 Å². The first-order valence-electron chi connectivity index (χ1n) is 7.76. The van der Waals surface area contributed by atoms with E-state index in [1.807, 2.05) is 32.0 Å². The van der Waals surface area contributed by atoms with Crippen molar-refractivity contribution in [3.63, 3.8) is 0 Å². The number of anilines is 1. The van der Waals surface area contributed by atoms with E-state index in [1.54, 1.807) is 32.9 Å². The predicted octanol–water partition coefficient (Wildman–Crippen LogP) is 2.52. The molecule has 6 heteroatoms. The Bertz CT molecular complexity index is 510. The Labute approximate surface area is 138 Å². The molecule has 3 N–H and O–H groups in total. The largest absolute Gasteiger partial charge is 0.444 e. The first-order valence-corrected chi connectivity index (χ1v) is 7.76.